The number of thiophene rings is 1. The molecule has 3 heterocycles. The maximum absolute atomic E-state index is 12.8. The first kappa shape index (κ1) is 22.2. The van der Waals surface area contributed by atoms with Gasteiger partial charge in [-0.1, -0.05) is 29.8 Å². The molecule has 7 nitrogen and oxygen atoms in total. The predicted molar refractivity (Wildman–Crippen MR) is 120 cm³/mol. The van der Waals surface area contributed by atoms with Crippen LogP contribution in [-0.4, -0.2) is 41.3 Å². The molecule has 1 saturated heterocycles. The van der Waals surface area contributed by atoms with Gasteiger partial charge in [-0.3, -0.25) is 9.48 Å². The second-order valence-corrected chi connectivity index (χ2v) is 9.08. The molecule has 4 rings (SSSR count). The van der Waals surface area contributed by atoms with Crippen LogP contribution in [0.5, 0.6) is 5.75 Å². The lowest BCUT2D eigenvalue weighted by Gasteiger charge is -2.29. The fourth-order valence-corrected chi connectivity index (χ4v) is 5.18. The Balaban J connectivity index is 1.79. The molecule has 1 N–H and O–H groups in total. The lowest BCUT2D eigenvalue weighted by Crippen LogP contribution is -2.28. The highest BCUT2D eigenvalue weighted by molar-refractivity contribution is 7.22. The van der Waals surface area contributed by atoms with Gasteiger partial charge in [-0.2, -0.15) is 5.10 Å². The molecule has 0 spiro atoms. The standard InChI is InChI=1S/C22H25ClN2O5S/c1-13-19-20(27)16(12-26)24-25(22(19)31-21(13)23)11-18(30-14-7-9-29-10-8-14)15-5-3-4-6-17(15)28-2/h3-6,14,18,26H,7-12H2,1-2H3. The molecule has 0 saturated carbocycles. The molecule has 1 aliphatic rings. The van der Waals surface area contributed by atoms with E-state index in [1.165, 1.54) is 11.3 Å². The number of para-hydroxylation sites is 1. The number of benzene rings is 1. The van der Waals surface area contributed by atoms with Gasteiger partial charge in [-0.05, 0) is 31.4 Å². The third kappa shape index (κ3) is 4.49. The number of aryl methyl sites for hydroxylation is 1. The minimum Gasteiger partial charge on any atom is -0.496 e. The maximum Gasteiger partial charge on any atom is 0.214 e. The van der Waals surface area contributed by atoms with Crippen molar-refractivity contribution < 1.29 is 19.3 Å². The summed E-state index contributed by atoms with van der Waals surface area (Å²) in [5, 5.41) is 14.7. The molecule has 0 radical (unpaired) electrons. The van der Waals surface area contributed by atoms with Crippen molar-refractivity contribution in [3.8, 4) is 5.75 Å². The molecule has 1 atom stereocenters. The molecule has 166 valence electrons. The zero-order valence-corrected chi connectivity index (χ0v) is 19.0. The Hall–Kier alpha value is -1.97. The molecule has 1 aliphatic heterocycles. The highest BCUT2D eigenvalue weighted by Gasteiger charge is 2.26. The number of hydrogen-bond donors (Lipinski definition) is 1. The number of halogens is 1. The van der Waals surface area contributed by atoms with Gasteiger partial charge in [0.05, 0.1) is 36.1 Å². The van der Waals surface area contributed by atoms with Crippen LogP contribution in [0.2, 0.25) is 4.34 Å². The van der Waals surface area contributed by atoms with E-state index in [0.29, 0.717) is 39.9 Å². The van der Waals surface area contributed by atoms with E-state index in [9.17, 15) is 9.90 Å². The molecule has 0 bridgehead atoms. The summed E-state index contributed by atoms with van der Waals surface area (Å²) in [4.78, 5) is 13.4. The molecule has 1 aromatic carbocycles. The number of aliphatic hydroxyl groups is 1. The first-order valence-electron chi connectivity index (χ1n) is 10.2. The maximum atomic E-state index is 12.8. The van der Waals surface area contributed by atoms with Gasteiger partial charge in [0.1, 0.15) is 22.4 Å². The normalized spacial score (nSPS) is 16.0. The highest BCUT2D eigenvalue weighted by atomic mass is 35.5. The number of nitrogens with zero attached hydrogens (tertiary/aromatic N) is 2. The van der Waals surface area contributed by atoms with Gasteiger partial charge in [0.25, 0.3) is 0 Å². The fraction of sp³-hybridized carbons (Fsp3) is 0.455. The van der Waals surface area contributed by atoms with Crippen molar-refractivity contribution in [1.82, 2.24) is 9.78 Å². The summed E-state index contributed by atoms with van der Waals surface area (Å²) in [6.07, 6.45) is 1.30. The van der Waals surface area contributed by atoms with Gasteiger partial charge < -0.3 is 19.3 Å². The largest absolute Gasteiger partial charge is 0.496 e. The minimum absolute atomic E-state index is 0.0458. The Morgan fingerprint density at radius 3 is 2.81 bits per heavy atom. The van der Waals surface area contributed by atoms with Gasteiger partial charge in [0.15, 0.2) is 0 Å². The number of methoxy groups -OCH3 is 1. The van der Waals surface area contributed by atoms with E-state index in [4.69, 9.17) is 25.8 Å². The summed E-state index contributed by atoms with van der Waals surface area (Å²) in [5.41, 5.74) is 1.41. The van der Waals surface area contributed by atoms with Crippen molar-refractivity contribution >= 4 is 33.2 Å². The second kappa shape index (κ2) is 9.67. The zero-order chi connectivity index (χ0) is 22.0. The van der Waals surface area contributed by atoms with Crippen LogP contribution in [0.4, 0.5) is 0 Å². The molecule has 9 heteroatoms. The van der Waals surface area contributed by atoms with E-state index in [2.05, 4.69) is 5.10 Å². The van der Waals surface area contributed by atoms with Gasteiger partial charge >= 0.3 is 0 Å². The zero-order valence-electron chi connectivity index (χ0n) is 17.5. The Kier molecular flexibility index (Phi) is 6.93. The van der Waals surface area contributed by atoms with Gasteiger partial charge in [-0.25, -0.2) is 0 Å². The van der Waals surface area contributed by atoms with Gasteiger partial charge in [-0.15, -0.1) is 11.3 Å². The van der Waals surface area contributed by atoms with Crippen molar-refractivity contribution in [2.75, 3.05) is 20.3 Å². The van der Waals surface area contributed by atoms with Crippen LogP contribution in [0.3, 0.4) is 0 Å². The number of ether oxygens (including phenoxy) is 3. The van der Waals surface area contributed by atoms with E-state index >= 15 is 0 Å². The van der Waals surface area contributed by atoms with Crippen LogP contribution in [0.15, 0.2) is 29.1 Å². The summed E-state index contributed by atoms with van der Waals surface area (Å²) >= 11 is 7.67. The quantitative estimate of drug-likeness (QED) is 0.571. The van der Waals surface area contributed by atoms with Crippen molar-refractivity contribution in [3.05, 3.63) is 55.6 Å². The number of fused-ring (bicyclic) bond motifs is 1. The molecule has 1 unspecified atom stereocenters. The Bertz CT molecular complexity index is 1120. The van der Waals surface area contributed by atoms with Crippen LogP contribution in [0.25, 0.3) is 10.2 Å². The van der Waals surface area contributed by atoms with Gasteiger partial charge in [0, 0.05) is 18.8 Å². The fourth-order valence-electron chi connectivity index (χ4n) is 3.88. The number of aromatic nitrogens is 2. The van der Waals surface area contributed by atoms with Crippen molar-refractivity contribution in [2.24, 2.45) is 0 Å². The molecular weight excluding hydrogens is 440 g/mol. The third-order valence-electron chi connectivity index (χ3n) is 5.53. The first-order valence-corrected chi connectivity index (χ1v) is 11.4. The number of rotatable bonds is 7. The first-order chi connectivity index (χ1) is 15.0. The van der Waals surface area contributed by atoms with Crippen LogP contribution < -0.4 is 10.2 Å². The van der Waals surface area contributed by atoms with Crippen LogP contribution in [-0.2, 0) is 22.6 Å². The average Bonchev–Trinajstić information content (AvgIpc) is 3.10. The summed E-state index contributed by atoms with van der Waals surface area (Å²) in [7, 11) is 1.63. The second-order valence-electron chi connectivity index (χ2n) is 7.48. The monoisotopic (exact) mass is 464 g/mol. The van der Waals surface area contributed by atoms with Crippen LogP contribution in [0, 0.1) is 6.92 Å². The van der Waals surface area contributed by atoms with Crippen molar-refractivity contribution in [2.45, 2.75) is 45.1 Å². The summed E-state index contributed by atoms with van der Waals surface area (Å²) in [6.45, 7) is 3.04. The Labute approximate surface area is 189 Å². The average molecular weight is 465 g/mol. The van der Waals surface area contributed by atoms with E-state index < -0.39 is 6.61 Å². The lowest BCUT2D eigenvalue weighted by molar-refractivity contribution is -0.0759. The summed E-state index contributed by atoms with van der Waals surface area (Å²) in [6, 6.07) is 7.73. The minimum atomic E-state index is -0.443. The van der Waals surface area contributed by atoms with Gasteiger partial charge in [0.2, 0.25) is 5.43 Å². The SMILES string of the molecule is COc1ccccc1C(Cn1nc(CO)c(=O)c2c(C)c(Cl)sc21)OC1CCOCC1. The van der Waals surface area contributed by atoms with E-state index in [1.54, 1.807) is 11.8 Å². The molecular formula is C22H25ClN2O5S. The Morgan fingerprint density at radius 2 is 2.10 bits per heavy atom. The molecule has 1 fully saturated rings. The van der Waals surface area contributed by atoms with Crippen molar-refractivity contribution in [3.63, 3.8) is 0 Å². The highest BCUT2D eigenvalue weighted by Crippen LogP contribution is 2.35. The number of hydrogen-bond acceptors (Lipinski definition) is 7. The van der Waals surface area contributed by atoms with Crippen LogP contribution in [0.1, 0.15) is 35.8 Å². The van der Waals surface area contributed by atoms with Crippen molar-refractivity contribution in [1.29, 1.82) is 0 Å². The van der Waals surface area contributed by atoms with Crippen LogP contribution >= 0.6 is 22.9 Å². The summed E-state index contributed by atoms with van der Waals surface area (Å²) < 4.78 is 19.8. The third-order valence-corrected chi connectivity index (χ3v) is 7.14. The summed E-state index contributed by atoms with van der Waals surface area (Å²) in [5.74, 6) is 0.722. The molecule has 31 heavy (non-hydrogen) atoms. The lowest BCUT2D eigenvalue weighted by atomic mass is 10.1. The van der Waals surface area contributed by atoms with E-state index in [-0.39, 0.29) is 23.3 Å². The molecule has 0 aliphatic carbocycles. The molecule has 0 amide bonds. The predicted octanol–water partition coefficient (Wildman–Crippen LogP) is 3.86. The smallest absolute Gasteiger partial charge is 0.214 e. The van der Waals surface area contributed by atoms with E-state index in [0.717, 1.165) is 24.2 Å². The Morgan fingerprint density at radius 1 is 1.35 bits per heavy atom. The van der Waals surface area contributed by atoms with E-state index in [1.807, 2.05) is 31.2 Å². The molecule has 3 aromatic rings. The topological polar surface area (TPSA) is 82.8 Å². The number of aliphatic hydroxyl groups excluding tert-OH is 1. The molecule has 2 aromatic heterocycles.